The fourth-order valence-electron chi connectivity index (χ4n) is 1.53. The molecule has 0 unspecified atom stereocenters. The SMILES string of the molecule is Cc1occc1CNc1ncccc1S(N)(=O)=O. The lowest BCUT2D eigenvalue weighted by atomic mass is 10.2. The van der Waals surface area contributed by atoms with Crippen molar-refractivity contribution in [2.24, 2.45) is 5.14 Å². The van der Waals surface area contributed by atoms with Crippen molar-refractivity contribution in [3.05, 3.63) is 42.0 Å². The van der Waals surface area contributed by atoms with E-state index < -0.39 is 10.0 Å². The highest BCUT2D eigenvalue weighted by Gasteiger charge is 2.14. The van der Waals surface area contributed by atoms with E-state index in [0.29, 0.717) is 6.54 Å². The lowest BCUT2D eigenvalue weighted by Crippen LogP contribution is -2.15. The fraction of sp³-hybridized carbons (Fsp3) is 0.182. The van der Waals surface area contributed by atoms with Gasteiger partial charge in [-0.15, -0.1) is 0 Å². The molecule has 0 amide bonds. The Hall–Kier alpha value is -1.86. The number of furan rings is 1. The molecular weight excluding hydrogens is 254 g/mol. The summed E-state index contributed by atoms with van der Waals surface area (Å²) >= 11 is 0. The van der Waals surface area contributed by atoms with Crippen LogP contribution in [0, 0.1) is 6.92 Å². The minimum absolute atomic E-state index is 0.0221. The van der Waals surface area contributed by atoms with Gasteiger partial charge in [-0.3, -0.25) is 0 Å². The molecule has 0 saturated carbocycles. The Balaban J connectivity index is 2.23. The normalized spacial score (nSPS) is 11.4. The Kier molecular flexibility index (Phi) is 3.35. The third-order valence-electron chi connectivity index (χ3n) is 2.49. The lowest BCUT2D eigenvalue weighted by Gasteiger charge is -2.08. The molecule has 0 atom stereocenters. The van der Waals surface area contributed by atoms with Gasteiger partial charge in [0.2, 0.25) is 10.0 Å². The van der Waals surface area contributed by atoms with Gasteiger partial charge >= 0.3 is 0 Å². The molecule has 7 heteroatoms. The number of sulfonamides is 1. The highest BCUT2D eigenvalue weighted by atomic mass is 32.2. The van der Waals surface area contributed by atoms with Crippen LogP contribution in [0.4, 0.5) is 5.82 Å². The number of nitrogens with one attached hydrogen (secondary N) is 1. The van der Waals surface area contributed by atoms with Crippen molar-refractivity contribution in [2.45, 2.75) is 18.4 Å². The molecule has 6 nitrogen and oxygen atoms in total. The molecule has 2 aromatic heterocycles. The van der Waals surface area contributed by atoms with Gasteiger partial charge in [0.1, 0.15) is 16.5 Å². The smallest absolute Gasteiger partial charge is 0.241 e. The van der Waals surface area contributed by atoms with E-state index >= 15 is 0 Å². The van der Waals surface area contributed by atoms with Crippen molar-refractivity contribution in [3.8, 4) is 0 Å². The minimum atomic E-state index is -3.78. The Labute approximate surface area is 105 Å². The number of rotatable bonds is 4. The maximum absolute atomic E-state index is 11.4. The van der Waals surface area contributed by atoms with Crippen LogP contribution in [0.15, 0.2) is 40.0 Å². The first kappa shape index (κ1) is 12.6. The first-order valence-corrected chi connectivity index (χ1v) is 6.78. The van der Waals surface area contributed by atoms with Crippen LogP contribution in [0.1, 0.15) is 11.3 Å². The molecule has 0 aliphatic heterocycles. The maximum atomic E-state index is 11.4. The molecule has 0 spiro atoms. The monoisotopic (exact) mass is 267 g/mol. The van der Waals surface area contributed by atoms with Gasteiger partial charge in [-0.1, -0.05) is 0 Å². The molecule has 18 heavy (non-hydrogen) atoms. The van der Waals surface area contributed by atoms with Gasteiger partial charge in [0.05, 0.1) is 6.26 Å². The van der Waals surface area contributed by atoms with Gasteiger partial charge < -0.3 is 9.73 Å². The quantitative estimate of drug-likeness (QED) is 0.868. The molecule has 0 aliphatic carbocycles. The summed E-state index contributed by atoms with van der Waals surface area (Å²) in [5.74, 6) is 1.01. The molecule has 0 fully saturated rings. The maximum Gasteiger partial charge on any atom is 0.241 e. The Bertz CT molecular complexity index is 649. The summed E-state index contributed by atoms with van der Waals surface area (Å²) in [6.45, 7) is 2.25. The Morgan fingerprint density at radius 2 is 2.22 bits per heavy atom. The number of aryl methyl sites for hydroxylation is 1. The molecular formula is C11H13N3O3S. The molecule has 3 N–H and O–H groups in total. The number of pyridine rings is 1. The molecule has 0 aromatic carbocycles. The Morgan fingerprint density at radius 1 is 1.44 bits per heavy atom. The van der Waals surface area contributed by atoms with E-state index in [1.54, 1.807) is 6.26 Å². The van der Waals surface area contributed by atoms with Gasteiger partial charge in [0.15, 0.2) is 0 Å². The van der Waals surface area contributed by atoms with Crippen molar-refractivity contribution in [2.75, 3.05) is 5.32 Å². The zero-order chi connectivity index (χ0) is 13.2. The average Bonchev–Trinajstić information content (AvgIpc) is 2.71. The number of primary sulfonamides is 1. The van der Waals surface area contributed by atoms with Gasteiger partial charge in [0.25, 0.3) is 0 Å². The minimum Gasteiger partial charge on any atom is -0.469 e. The predicted octanol–water partition coefficient (Wildman–Crippen LogP) is 1.24. The van der Waals surface area contributed by atoms with Gasteiger partial charge in [-0.2, -0.15) is 0 Å². The summed E-state index contributed by atoms with van der Waals surface area (Å²) in [7, 11) is -3.78. The van der Waals surface area contributed by atoms with Crippen molar-refractivity contribution < 1.29 is 12.8 Å². The third kappa shape index (κ3) is 2.69. The number of nitrogens with two attached hydrogens (primary N) is 1. The standard InChI is InChI=1S/C11H13N3O3S/c1-8-9(4-6-17-8)7-14-11-10(18(12,15)16)3-2-5-13-11/h2-6H,7H2,1H3,(H,13,14)(H2,12,15,16). The van der Waals surface area contributed by atoms with Crippen molar-refractivity contribution in [1.82, 2.24) is 4.98 Å². The van der Waals surface area contributed by atoms with E-state index in [1.165, 1.54) is 18.3 Å². The fourth-order valence-corrected chi connectivity index (χ4v) is 2.19. The van der Waals surface area contributed by atoms with Crippen molar-refractivity contribution in [1.29, 1.82) is 0 Å². The molecule has 2 aromatic rings. The zero-order valence-corrected chi connectivity index (χ0v) is 10.6. The van der Waals surface area contributed by atoms with E-state index in [1.807, 2.05) is 13.0 Å². The van der Waals surface area contributed by atoms with E-state index in [-0.39, 0.29) is 10.7 Å². The number of hydrogen-bond donors (Lipinski definition) is 2. The number of anilines is 1. The highest BCUT2D eigenvalue weighted by Crippen LogP contribution is 2.18. The second kappa shape index (κ2) is 4.79. The summed E-state index contributed by atoms with van der Waals surface area (Å²) in [4.78, 5) is 3.95. The summed E-state index contributed by atoms with van der Waals surface area (Å²) in [6.07, 6.45) is 3.07. The average molecular weight is 267 g/mol. The van der Waals surface area contributed by atoms with Crippen molar-refractivity contribution >= 4 is 15.8 Å². The summed E-state index contributed by atoms with van der Waals surface area (Å²) in [5.41, 5.74) is 0.932. The second-order valence-corrected chi connectivity index (χ2v) is 5.28. The van der Waals surface area contributed by atoms with Gasteiger partial charge in [-0.05, 0) is 25.1 Å². The van der Waals surface area contributed by atoms with E-state index in [9.17, 15) is 8.42 Å². The molecule has 96 valence electrons. The van der Waals surface area contributed by atoms with Crippen molar-refractivity contribution in [3.63, 3.8) is 0 Å². The van der Waals surface area contributed by atoms with Crippen LogP contribution in [0.25, 0.3) is 0 Å². The first-order chi connectivity index (χ1) is 8.48. The Morgan fingerprint density at radius 3 is 2.83 bits per heavy atom. The summed E-state index contributed by atoms with van der Waals surface area (Å²) < 4.78 is 27.9. The second-order valence-electron chi connectivity index (χ2n) is 3.75. The summed E-state index contributed by atoms with van der Waals surface area (Å²) in [5, 5.41) is 8.04. The highest BCUT2D eigenvalue weighted by molar-refractivity contribution is 7.89. The van der Waals surface area contributed by atoms with Crippen LogP contribution >= 0.6 is 0 Å². The van der Waals surface area contributed by atoms with E-state index in [2.05, 4.69) is 10.3 Å². The van der Waals surface area contributed by atoms with Crippen LogP contribution in [0.5, 0.6) is 0 Å². The van der Waals surface area contributed by atoms with E-state index in [4.69, 9.17) is 9.56 Å². The molecule has 0 saturated heterocycles. The first-order valence-electron chi connectivity index (χ1n) is 5.23. The predicted molar refractivity (Wildman–Crippen MR) is 66.4 cm³/mol. The zero-order valence-electron chi connectivity index (χ0n) is 9.75. The van der Waals surface area contributed by atoms with Crippen LogP contribution in [-0.2, 0) is 16.6 Å². The van der Waals surface area contributed by atoms with Gasteiger partial charge in [0, 0.05) is 18.3 Å². The third-order valence-corrected chi connectivity index (χ3v) is 3.43. The van der Waals surface area contributed by atoms with Crippen LogP contribution < -0.4 is 10.5 Å². The number of hydrogen-bond acceptors (Lipinski definition) is 5. The van der Waals surface area contributed by atoms with Gasteiger partial charge in [-0.25, -0.2) is 18.5 Å². The van der Waals surface area contributed by atoms with Crippen LogP contribution in [0.2, 0.25) is 0 Å². The lowest BCUT2D eigenvalue weighted by molar-refractivity contribution is 0.530. The van der Waals surface area contributed by atoms with Crippen LogP contribution in [-0.4, -0.2) is 13.4 Å². The number of nitrogens with zero attached hydrogens (tertiary/aromatic N) is 1. The summed E-state index contributed by atoms with van der Waals surface area (Å²) in [6, 6.07) is 4.74. The molecule has 0 radical (unpaired) electrons. The molecule has 2 heterocycles. The molecule has 0 aliphatic rings. The number of aromatic nitrogens is 1. The van der Waals surface area contributed by atoms with E-state index in [0.717, 1.165) is 11.3 Å². The largest absolute Gasteiger partial charge is 0.469 e. The van der Waals surface area contributed by atoms with Crippen LogP contribution in [0.3, 0.4) is 0 Å². The molecule has 2 rings (SSSR count). The molecule has 0 bridgehead atoms. The topological polar surface area (TPSA) is 98.2 Å².